The second-order valence-corrected chi connectivity index (χ2v) is 14.3. The molecule has 1 aromatic heterocycles. The van der Waals surface area contributed by atoms with Gasteiger partial charge in [-0.1, -0.05) is 60.5 Å². The van der Waals surface area contributed by atoms with Crippen molar-refractivity contribution in [3.05, 3.63) is 22.2 Å². The summed E-state index contributed by atoms with van der Waals surface area (Å²) < 4.78 is 10.5. The molecule has 0 bridgehead atoms. The van der Waals surface area contributed by atoms with Gasteiger partial charge in [-0.25, -0.2) is 4.98 Å². The Bertz CT molecular complexity index is 968. The Morgan fingerprint density at radius 3 is 2.28 bits per heavy atom. The average Bonchev–Trinajstić information content (AvgIpc) is 3.33. The lowest BCUT2D eigenvalue weighted by Gasteiger charge is -2.35. The van der Waals surface area contributed by atoms with E-state index in [2.05, 4.69) is 50.3 Å². The number of hydrogen-bond acceptors (Lipinski definition) is 9. The number of cyclic esters (lactones) is 1. The zero-order valence-electron chi connectivity index (χ0n) is 28.7. The fourth-order valence-electron chi connectivity index (χ4n) is 5.05. The Labute approximate surface area is 265 Å². The summed E-state index contributed by atoms with van der Waals surface area (Å²) in [6.45, 7) is 23.5. The molecule has 0 amide bonds. The van der Waals surface area contributed by atoms with Gasteiger partial charge in [0.25, 0.3) is 6.47 Å². The zero-order chi connectivity index (χ0) is 33.2. The predicted molar refractivity (Wildman–Crippen MR) is 177 cm³/mol. The van der Waals surface area contributed by atoms with E-state index in [1.807, 2.05) is 32.9 Å². The topological polar surface area (TPSA) is 115 Å². The van der Waals surface area contributed by atoms with E-state index in [1.165, 1.54) is 0 Å². The lowest BCUT2D eigenvalue weighted by atomic mass is 9.73. The Morgan fingerprint density at radius 2 is 1.79 bits per heavy atom. The van der Waals surface area contributed by atoms with E-state index in [4.69, 9.17) is 9.47 Å². The molecule has 43 heavy (non-hydrogen) atoms. The van der Waals surface area contributed by atoms with Crippen LogP contribution in [0.3, 0.4) is 0 Å². The van der Waals surface area contributed by atoms with Crippen LogP contribution in [-0.2, 0) is 23.9 Å². The van der Waals surface area contributed by atoms with E-state index in [-0.39, 0.29) is 18.1 Å². The first-order chi connectivity index (χ1) is 20.0. The molecule has 1 aromatic rings. The molecule has 0 spiro atoms. The molecule has 1 aliphatic heterocycles. The maximum Gasteiger partial charge on any atom is 0.308 e. The van der Waals surface area contributed by atoms with Crippen LogP contribution in [0.2, 0.25) is 0 Å². The molecule has 8 nitrogen and oxygen atoms in total. The summed E-state index contributed by atoms with van der Waals surface area (Å²) in [5.74, 6) is -0.743. The summed E-state index contributed by atoms with van der Waals surface area (Å²) in [6, 6.07) is 0. The van der Waals surface area contributed by atoms with Crippen molar-refractivity contribution in [2.24, 2.45) is 23.2 Å². The van der Waals surface area contributed by atoms with Gasteiger partial charge < -0.3 is 19.9 Å². The van der Waals surface area contributed by atoms with Gasteiger partial charge in [0.05, 0.1) is 41.2 Å². The fraction of sp³-hybridized carbons (Fsp3) is 0.765. The third-order valence-electron chi connectivity index (χ3n) is 7.65. The number of allylic oxidation sites excluding steroid dienone is 1. The van der Waals surface area contributed by atoms with Gasteiger partial charge in [0.2, 0.25) is 0 Å². The average molecular weight is 625 g/mol. The normalized spacial score (nSPS) is 25.9. The number of ketones is 1. The third kappa shape index (κ3) is 17.1. The van der Waals surface area contributed by atoms with Gasteiger partial charge in [-0.15, -0.1) is 11.3 Å². The summed E-state index contributed by atoms with van der Waals surface area (Å²) in [4.78, 5) is 40.3. The molecule has 2 heterocycles. The monoisotopic (exact) mass is 624 g/mol. The highest BCUT2D eigenvalue weighted by atomic mass is 32.1. The number of nitrogens with zero attached hydrogens (tertiary/aromatic N) is 1. The highest BCUT2D eigenvalue weighted by molar-refractivity contribution is 7.09. The van der Waals surface area contributed by atoms with Crippen LogP contribution in [0.5, 0.6) is 0 Å². The molecule has 1 saturated heterocycles. The van der Waals surface area contributed by atoms with Crippen molar-refractivity contribution < 1.29 is 29.0 Å². The van der Waals surface area contributed by atoms with Crippen LogP contribution >= 0.6 is 11.3 Å². The lowest BCUT2D eigenvalue weighted by Crippen LogP contribution is -2.46. The van der Waals surface area contributed by atoms with Gasteiger partial charge in [-0.2, -0.15) is 0 Å². The Morgan fingerprint density at radius 1 is 1.16 bits per heavy atom. The van der Waals surface area contributed by atoms with E-state index >= 15 is 0 Å². The largest absolute Gasteiger partial charge is 0.466 e. The number of nitrogens with one attached hydrogen (secondary N) is 1. The molecule has 9 heteroatoms. The summed E-state index contributed by atoms with van der Waals surface area (Å²) in [5, 5.41) is 17.0. The highest BCUT2D eigenvalue weighted by Gasteiger charge is 2.43. The Hall–Kier alpha value is -2.10. The molecule has 4 unspecified atom stereocenters. The van der Waals surface area contributed by atoms with Crippen LogP contribution in [0.4, 0.5) is 0 Å². The van der Waals surface area contributed by atoms with E-state index in [1.54, 1.807) is 32.1 Å². The smallest absolute Gasteiger partial charge is 0.308 e. The molecule has 0 aliphatic carbocycles. The molecule has 0 aromatic carbocycles. The van der Waals surface area contributed by atoms with Crippen molar-refractivity contribution in [2.75, 3.05) is 13.2 Å². The van der Waals surface area contributed by atoms with E-state index < -0.39 is 29.5 Å². The minimum Gasteiger partial charge on any atom is -0.466 e. The molecule has 1 aliphatic rings. The number of hydrogen-bond donors (Lipinski definition) is 2. The van der Waals surface area contributed by atoms with Crippen LogP contribution in [0.1, 0.15) is 118 Å². The summed E-state index contributed by atoms with van der Waals surface area (Å²) >= 11 is 1.68. The van der Waals surface area contributed by atoms with Crippen molar-refractivity contribution in [1.29, 1.82) is 0 Å². The zero-order valence-corrected chi connectivity index (χ0v) is 29.5. The van der Waals surface area contributed by atoms with Crippen LogP contribution in [0.25, 0.3) is 6.08 Å². The first-order valence-corrected chi connectivity index (χ1v) is 16.6. The second kappa shape index (κ2) is 20.8. The molecule has 0 saturated carbocycles. The van der Waals surface area contributed by atoms with Crippen LogP contribution < -0.4 is 5.32 Å². The molecule has 248 valence electrons. The summed E-state index contributed by atoms with van der Waals surface area (Å²) in [5.41, 5.74) is 0.225. The van der Waals surface area contributed by atoms with Crippen molar-refractivity contribution in [1.82, 2.24) is 10.3 Å². The van der Waals surface area contributed by atoms with Crippen molar-refractivity contribution in [3.8, 4) is 0 Å². The van der Waals surface area contributed by atoms with E-state index in [9.17, 15) is 19.5 Å². The quantitative estimate of drug-likeness (QED) is 0.268. The van der Waals surface area contributed by atoms with Crippen molar-refractivity contribution in [2.45, 2.75) is 132 Å². The van der Waals surface area contributed by atoms with Crippen molar-refractivity contribution >= 4 is 35.6 Å². The summed E-state index contributed by atoms with van der Waals surface area (Å²) in [6.07, 6.45) is 6.71. The number of carbonyl (C=O) groups is 3. The third-order valence-corrected chi connectivity index (χ3v) is 8.44. The van der Waals surface area contributed by atoms with Crippen LogP contribution in [-0.4, -0.2) is 59.2 Å². The lowest BCUT2D eigenvalue weighted by molar-refractivity contribution is -0.153. The first-order valence-electron chi connectivity index (χ1n) is 15.8. The number of esters is 1. The van der Waals surface area contributed by atoms with Gasteiger partial charge in [0.15, 0.2) is 0 Å². The first kappa shape index (κ1) is 40.9. The maximum atomic E-state index is 13.1. The van der Waals surface area contributed by atoms with Crippen LogP contribution in [0.15, 0.2) is 11.5 Å². The minimum atomic E-state index is -1.15. The van der Waals surface area contributed by atoms with Gasteiger partial charge in [0, 0.05) is 10.9 Å². The molecular formula is C34H60N2O6S. The number of aromatic nitrogens is 1. The SMILES string of the molecule is C/C=C\c1csc(C)n1.CC1CCCOC(=O)CC(O)C(C)(C)C(=O)C(C)[C@@H](OC=O)C(C)CCC1.CCNC(C)(C)C. The van der Waals surface area contributed by atoms with E-state index in [0.717, 1.165) is 49.4 Å². The number of aryl methyl sites for hydroxylation is 1. The number of aliphatic hydroxyl groups excluding tert-OH is 1. The van der Waals surface area contributed by atoms with Gasteiger partial charge in [0.1, 0.15) is 11.9 Å². The molecular weight excluding hydrogens is 564 g/mol. The number of rotatable bonds is 4. The summed E-state index contributed by atoms with van der Waals surface area (Å²) in [7, 11) is 0. The van der Waals surface area contributed by atoms with Crippen molar-refractivity contribution in [3.63, 3.8) is 0 Å². The predicted octanol–water partition coefficient (Wildman–Crippen LogP) is 7.17. The Balaban J connectivity index is 0.000000890. The fourth-order valence-corrected chi connectivity index (χ4v) is 5.63. The highest BCUT2D eigenvalue weighted by Crippen LogP contribution is 2.33. The number of carbonyl (C=O) groups excluding carboxylic acids is 3. The van der Waals surface area contributed by atoms with Gasteiger partial charge >= 0.3 is 5.97 Å². The van der Waals surface area contributed by atoms with Crippen LogP contribution in [0, 0.1) is 30.1 Å². The minimum absolute atomic E-state index is 0.0344. The number of aliphatic hydroxyl groups is 1. The van der Waals surface area contributed by atoms with Gasteiger partial charge in [-0.05, 0) is 78.3 Å². The van der Waals surface area contributed by atoms with E-state index in [0.29, 0.717) is 24.5 Å². The standard InChI is InChI=1S/C21H36O6.C7H9NS.C6H15N/c1-14-8-6-10-15(2)19(27-13-22)16(3)20(25)21(4,5)17(23)12-18(24)26-11-7-9-14;1-3-4-7-5-9-6(2)8-7;1-5-7-6(2,3)4/h13-17,19,23H,6-12H2,1-5H3;3-5H,1-2H3;7H,5H2,1-4H3/b;4-3-;/t14?,15?,16?,17?,19-;;/m0../s1. The molecule has 2 N–H and O–H groups in total. The number of ether oxygens (including phenoxy) is 2. The molecule has 0 radical (unpaired) electrons. The molecule has 2 rings (SSSR count). The molecule has 1 fully saturated rings. The number of Topliss-reactive ketones (excluding diaryl/α,β-unsaturated/α-hetero) is 1. The Kier molecular flexibility index (Phi) is 19.8. The van der Waals surface area contributed by atoms with Gasteiger partial charge in [-0.3, -0.25) is 14.4 Å². The maximum absolute atomic E-state index is 13.1. The second-order valence-electron chi connectivity index (χ2n) is 13.2. The number of thiazole rings is 1. The molecule has 5 atom stereocenters.